The Hall–Kier alpha value is -2.63. The van der Waals surface area contributed by atoms with E-state index in [1.165, 1.54) is 31.4 Å². The molecule has 0 radical (unpaired) electrons. The van der Waals surface area contributed by atoms with Gasteiger partial charge in [-0.1, -0.05) is 32.8 Å². The predicted octanol–water partition coefficient (Wildman–Crippen LogP) is 5.02. The average molecular weight is 330 g/mol. The lowest BCUT2D eigenvalue weighted by Gasteiger charge is -2.06. The minimum absolute atomic E-state index is 0.111. The van der Waals surface area contributed by atoms with Crippen LogP contribution in [-0.2, 0) is 0 Å². The monoisotopic (exact) mass is 330 g/mol. The highest BCUT2D eigenvalue weighted by molar-refractivity contribution is 5.91. The maximum atomic E-state index is 12.7. The third kappa shape index (κ3) is 4.22. The van der Waals surface area contributed by atoms with Crippen LogP contribution in [0.3, 0.4) is 0 Å². The summed E-state index contributed by atoms with van der Waals surface area (Å²) in [7, 11) is 0. The van der Waals surface area contributed by atoms with Gasteiger partial charge < -0.3 is 5.73 Å². The van der Waals surface area contributed by atoms with Crippen LogP contribution in [0.4, 0.5) is 14.6 Å². The number of nitrogens with two attached hydrogens (primary N) is 1. The molecule has 3 aromatic rings. The Labute approximate surface area is 139 Å². The van der Waals surface area contributed by atoms with E-state index in [9.17, 15) is 8.78 Å². The molecule has 0 aliphatic rings. The predicted molar refractivity (Wildman–Crippen MR) is 92.7 cm³/mol. The number of hydrogen-bond acceptors (Lipinski definition) is 4. The third-order valence-corrected chi connectivity index (χ3v) is 3.51. The number of nitrogen functional groups attached to an aromatic ring is 1. The van der Waals surface area contributed by atoms with Crippen LogP contribution < -0.4 is 5.73 Å². The zero-order valence-corrected chi connectivity index (χ0v) is 13.7. The highest BCUT2D eigenvalue weighted by Gasteiger charge is 2.10. The second-order valence-corrected chi connectivity index (χ2v) is 5.30. The summed E-state index contributed by atoms with van der Waals surface area (Å²) in [6, 6.07) is 6.76. The molecule has 2 aromatic heterocycles. The summed E-state index contributed by atoms with van der Waals surface area (Å²) in [5.74, 6) is 0.356. The van der Waals surface area contributed by atoms with Crippen molar-refractivity contribution in [3.05, 3.63) is 48.5 Å². The van der Waals surface area contributed by atoms with Crippen molar-refractivity contribution in [1.29, 1.82) is 0 Å². The van der Waals surface area contributed by atoms with Crippen molar-refractivity contribution < 1.29 is 8.78 Å². The Balaban J connectivity index is 0.000000471. The first-order valence-corrected chi connectivity index (χ1v) is 7.80. The van der Waals surface area contributed by atoms with Crippen molar-refractivity contribution in [2.75, 3.05) is 5.73 Å². The molecule has 0 fully saturated rings. The summed E-state index contributed by atoms with van der Waals surface area (Å²) in [5, 5.41) is 0.687. The van der Waals surface area contributed by atoms with Gasteiger partial charge in [0.15, 0.2) is 0 Å². The van der Waals surface area contributed by atoms with Gasteiger partial charge in [-0.25, -0.2) is 18.7 Å². The number of rotatable bonds is 3. The summed E-state index contributed by atoms with van der Waals surface area (Å²) in [5.41, 5.74) is 7.74. The van der Waals surface area contributed by atoms with Crippen LogP contribution in [0, 0.1) is 0 Å². The highest BCUT2D eigenvalue weighted by atomic mass is 19.3. The van der Waals surface area contributed by atoms with Crippen LogP contribution in [0.1, 0.15) is 38.7 Å². The average Bonchev–Trinajstić information content (AvgIpc) is 2.62. The van der Waals surface area contributed by atoms with Gasteiger partial charge in [-0.05, 0) is 23.8 Å². The summed E-state index contributed by atoms with van der Waals surface area (Å²) < 4.78 is 25.4. The lowest BCUT2D eigenvalue weighted by molar-refractivity contribution is 0.151. The SMILES string of the molecule is CCCC.Nc1ncnc2ccc(-c3cncc(C(F)F)c3)cc12. The topological polar surface area (TPSA) is 64.7 Å². The minimum atomic E-state index is -2.55. The molecule has 4 nitrogen and oxygen atoms in total. The number of pyridine rings is 1. The molecule has 2 heterocycles. The maximum absolute atomic E-state index is 12.7. The molecule has 0 aliphatic heterocycles. The molecule has 6 heteroatoms. The highest BCUT2D eigenvalue weighted by Crippen LogP contribution is 2.28. The number of fused-ring (bicyclic) bond motifs is 1. The fourth-order valence-electron chi connectivity index (χ4n) is 1.99. The van der Waals surface area contributed by atoms with Crippen LogP contribution in [0.2, 0.25) is 0 Å². The van der Waals surface area contributed by atoms with Gasteiger partial charge in [0, 0.05) is 28.9 Å². The second-order valence-electron chi connectivity index (χ2n) is 5.30. The largest absolute Gasteiger partial charge is 0.383 e. The first-order valence-electron chi connectivity index (χ1n) is 7.80. The summed E-state index contributed by atoms with van der Waals surface area (Å²) in [6.07, 6.45) is 4.17. The molecule has 0 spiro atoms. The summed E-state index contributed by atoms with van der Waals surface area (Å²) >= 11 is 0. The van der Waals surface area contributed by atoms with E-state index < -0.39 is 6.43 Å². The molecule has 0 aliphatic carbocycles. The van der Waals surface area contributed by atoms with E-state index in [0.29, 0.717) is 22.3 Å². The number of anilines is 1. The Bertz CT molecular complexity index is 804. The number of aromatic nitrogens is 3. The standard InChI is InChI=1S/C14H10F2N4.C4H10/c15-13(16)10-3-9(5-18-6-10)8-1-2-12-11(4-8)14(17)20-7-19-12;1-3-4-2/h1-7,13H,(H2,17,19,20);3-4H2,1-2H3. The van der Waals surface area contributed by atoms with Crippen LogP contribution in [0.15, 0.2) is 43.0 Å². The third-order valence-electron chi connectivity index (χ3n) is 3.51. The molecule has 3 rings (SSSR count). The maximum Gasteiger partial charge on any atom is 0.265 e. The first kappa shape index (κ1) is 17.7. The molecule has 2 N–H and O–H groups in total. The quantitative estimate of drug-likeness (QED) is 0.732. The smallest absolute Gasteiger partial charge is 0.265 e. The van der Waals surface area contributed by atoms with Gasteiger partial charge in [0.25, 0.3) is 6.43 Å². The van der Waals surface area contributed by atoms with Gasteiger partial charge >= 0.3 is 0 Å². The number of halogens is 2. The van der Waals surface area contributed by atoms with E-state index >= 15 is 0 Å². The molecule has 126 valence electrons. The van der Waals surface area contributed by atoms with Gasteiger partial charge in [0.1, 0.15) is 12.1 Å². The van der Waals surface area contributed by atoms with E-state index in [1.54, 1.807) is 18.2 Å². The van der Waals surface area contributed by atoms with Gasteiger partial charge in [0.05, 0.1) is 5.52 Å². The summed E-state index contributed by atoms with van der Waals surface area (Å²) in [6.45, 7) is 4.36. The Morgan fingerprint density at radius 2 is 1.75 bits per heavy atom. The molecule has 0 saturated carbocycles. The molecule has 24 heavy (non-hydrogen) atoms. The zero-order valence-electron chi connectivity index (χ0n) is 13.7. The molecular formula is C18H20F2N4. The van der Waals surface area contributed by atoms with E-state index in [4.69, 9.17) is 5.73 Å². The van der Waals surface area contributed by atoms with Crippen molar-refractivity contribution in [2.45, 2.75) is 33.1 Å². The van der Waals surface area contributed by atoms with E-state index in [-0.39, 0.29) is 5.56 Å². The molecule has 0 amide bonds. The Kier molecular flexibility index (Phi) is 6.12. The lowest BCUT2D eigenvalue weighted by atomic mass is 10.0. The van der Waals surface area contributed by atoms with Crippen LogP contribution in [0.25, 0.3) is 22.0 Å². The lowest BCUT2D eigenvalue weighted by Crippen LogP contribution is -1.94. The van der Waals surface area contributed by atoms with E-state index in [1.807, 2.05) is 0 Å². The second kappa shape index (κ2) is 8.29. The van der Waals surface area contributed by atoms with Crippen LogP contribution in [0.5, 0.6) is 0 Å². The van der Waals surface area contributed by atoms with Crippen molar-refractivity contribution in [3.8, 4) is 11.1 Å². The van der Waals surface area contributed by atoms with Gasteiger partial charge in [-0.3, -0.25) is 4.98 Å². The fraction of sp³-hybridized carbons (Fsp3) is 0.278. The Morgan fingerprint density at radius 1 is 1.00 bits per heavy atom. The van der Waals surface area contributed by atoms with Crippen LogP contribution in [-0.4, -0.2) is 15.0 Å². The number of unbranched alkanes of at least 4 members (excludes halogenated alkanes) is 1. The van der Waals surface area contributed by atoms with Crippen molar-refractivity contribution >= 4 is 16.7 Å². The molecular weight excluding hydrogens is 310 g/mol. The van der Waals surface area contributed by atoms with Crippen molar-refractivity contribution in [2.24, 2.45) is 0 Å². The van der Waals surface area contributed by atoms with Gasteiger partial charge in [0.2, 0.25) is 0 Å². The van der Waals surface area contributed by atoms with E-state index in [2.05, 4.69) is 28.8 Å². The summed E-state index contributed by atoms with van der Waals surface area (Å²) in [4.78, 5) is 11.9. The molecule has 0 unspecified atom stereocenters. The zero-order chi connectivity index (χ0) is 17.5. The molecule has 0 saturated heterocycles. The van der Waals surface area contributed by atoms with Crippen molar-refractivity contribution in [3.63, 3.8) is 0 Å². The minimum Gasteiger partial charge on any atom is -0.383 e. The fourth-order valence-corrected chi connectivity index (χ4v) is 1.99. The van der Waals surface area contributed by atoms with Gasteiger partial charge in [-0.2, -0.15) is 0 Å². The van der Waals surface area contributed by atoms with E-state index in [0.717, 1.165) is 11.8 Å². The van der Waals surface area contributed by atoms with Gasteiger partial charge in [-0.15, -0.1) is 0 Å². The van der Waals surface area contributed by atoms with Crippen LogP contribution >= 0.6 is 0 Å². The number of hydrogen-bond donors (Lipinski definition) is 1. The molecule has 1 aromatic carbocycles. The molecule has 0 atom stereocenters. The molecule has 0 bridgehead atoms. The Morgan fingerprint density at radius 3 is 2.42 bits per heavy atom. The number of benzene rings is 1. The number of alkyl halides is 2. The first-order chi connectivity index (χ1) is 11.6. The van der Waals surface area contributed by atoms with Crippen molar-refractivity contribution in [1.82, 2.24) is 15.0 Å². The normalized spacial score (nSPS) is 10.5. The number of nitrogens with zero attached hydrogens (tertiary/aromatic N) is 3.